The molecule has 7 heteroatoms. The van der Waals surface area contributed by atoms with Gasteiger partial charge in [0.25, 0.3) is 0 Å². The standard InChI is InChI=1S/C10H20O7/c1-2-3-4-17-10(16)9(15)8(14)7(13)6(12)5-11/h6-9,11-15H,2-5H2,1H3. The van der Waals surface area contributed by atoms with E-state index in [1.54, 1.807) is 0 Å². The van der Waals surface area contributed by atoms with Crippen LogP contribution in [0.25, 0.3) is 0 Å². The summed E-state index contributed by atoms with van der Waals surface area (Å²) in [6.45, 7) is 1.20. The lowest BCUT2D eigenvalue weighted by Gasteiger charge is -2.24. The van der Waals surface area contributed by atoms with Crippen molar-refractivity contribution in [2.45, 2.75) is 44.2 Å². The molecule has 0 aromatic rings. The Morgan fingerprint density at radius 1 is 1.18 bits per heavy atom. The zero-order chi connectivity index (χ0) is 13.4. The monoisotopic (exact) mass is 252 g/mol. The van der Waals surface area contributed by atoms with E-state index in [0.29, 0.717) is 6.42 Å². The van der Waals surface area contributed by atoms with E-state index in [1.165, 1.54) is 0 Å². The van der Waals surface area contributed by atoms with Crippen molar-refractivity contribution in [1.29, 1.82) is 0 Å². The van der Waals surface area contributed by atoms with Crippen molar-refractivity contribution < 1.29 is 35.1 Å². The molecule has 0 fully saturated rings. The summed E-state index contributed by atoms with van der Waals surface area (Å²) in [7, 11) is 0. The quantitative estimate of drug-likeness (QED) is 0.244. The normalized spacial score (nSPS) is 18.2. The minimum atomic E-state index is -1.96. The maximum atomic E-state index is 11.2. The predicted octanol–water partition coefficient (Wildman–Crippen LogP) is -2.23. The minimum Gasteiger partial charge on any atom is -0.464 e. The highest BCUT2D eigenvalue weighted by atomic mass is 16.5. The average Bonchev–Trinajstić information content (AvgIpc) is 2.35. The number of hydrogen-bond acceptors (Lipinski definition) is 7. The Labute approximate surface area is 99.3 Å². The number of carbonyl (C=O) groups is 1. The molecule has 7 nitrogen and oxygen atoms in total. The van der Waals surface area contributed by atoms with E-state index in [4.69, 9.17) is 10.2 Å². The zero-order valence-electron chi connectivity index (χ0n) is 9.69. The molecule has 0 aromatic heterocycles. The summed E-state index contributed by atoms with van der Waals surface area (Å²) < 4.78 is 4.62. The lowest BCUT2D eigenvalue weighted by atomic mass is 10.0. The molecule has 4 unspecified atom stereocenters. The Morgan fingerprint density at radius 3 is 2.24 bits per heavy atom. The van der Waals surface area contributed by atoms with Gasteiger partial charge in [-0.3, -0.25) is 0 Å². The van der Waals surface area contributed by atoms with Crippen molar-refractivity contribution >= 4 is 5.97 Å². The molecule has 0 heterocycles. The third-order valence-corrected chi connectivity index (χ3v) is 2.24. The molecule has 0 bridgehead atoms. The minimum absolute atomic E-state index is 0.109. The highest BCUT2D eigenvalue weighted by Crippen LogP contribution is 2.07. The molecule has 17 heavy (non-hydrogen) atoms. The molecule has 4 atom stereocenters. The topological polar surface area (TPSA) is 127 Å². The molecule has 0 rings (SSSR count). The second kappa shape index (κ2) is 8.37. The van der Waals surface area contributed by atoms with Gasteiger partial charge in [-0.25, -0.2) is 4.79 Å². The maximum absolute atomic E-state index is 11.2. The molecule has 0 saturated carbocycles. The van der Waals surface area contributed by atoms with E-state index in [-0.39, 0.29) is 6.61 Å². The van der Waals surface area contributed by atoms with Gasteiger partial charge in [0.05, 0.1) is 13.2 Å². The third kappa shape index (κ3) is 5.42. The van der Waals surface area contributed by atoms with Gasteiger partial charge in [-0.1, -0.05) is 13.3 Å². The molecular formula is C10H20O7. The van der Waals surface area contributed by atoms with Crippen LogP contribution in [0.15, 0.2) is 0 Å². The molecule has 0 aliphatic carbocycles. The fourth-order valence-corrected chi connectivity index (χ4v) is 1.06. The number of rotatable bonds is 8. The largest absolute Gasteiger partial charge is 0.464 e. The first-order valence-electron chi connectivity index (χ1n) is 5.45. The third-order valence-electron chi connectivity index (χ3n) is 2.24. The van der Waals surface area contributed by atoms with Crippen LogP contribution in [0.3, 0.4) is 0 Å². The molecule has 102 valence electrons. The summed E-state index contributed by atoms with van der Waals surface area (Å²) in [5.41, 5.74) is 0. The second-order valence-corrected chi connectivity index (χ2v) is 3.70. The molecule has 0 radical (unpaired) electrons. The average molecular weight is 252 g/mol. The van der Waals surface area contributed by atoms with Gasteiger partial charge < -0.3 is 30.3 Å². The van der Waals surface area contributed by atoms with Crippen LogP contribution in [0.4, 0.5) is 0 Å². The van der Waals surface area contributed by atoms with Crippen molar-refractivity contribution in [3.8, 4) is 0 Å². The molecule has 0 amide bonds. The van der Waals surface area contributed by atoms with Crippen LogP contribution in [0.5, 0.6) is 0 Å². The Bertz CT molecular complexity index is 221. The number of esters is 1. The molecule has 0 aliphatic heterocycles. The Hall–Kier alpha value is -0.730. The van der Waals surface area contributed by atoms with E-state index in [1.807, 2.05) is 6.92 Å². The number of unbranched alkanes of at least 4 members (excludes halogenated alkanes) is 1. The summed E-state index contributed by atoms with van der Waals surface area (Å²) in [5.74, 6) is -1.07. The number of ether oxygens (including phenoxy) is 1. The Morgan fingerprint density at radius 2 is 1.76 bits per heavy atom. The van der Waals surface area contributed by atoms with Crippen molar-refractivity contribution in [3.63, 3.8) is 0 Å². The molecule has 0 spiro atoms. The van der Waals surface area contributed by atoms with E-state index in [0.717, 1.165) is 6.42 Å². The lowest BCUT2D eigenvalue weighted by molar-refractivity contribution is -0.170. The molecular weight excluding hydrogens is 232 g/mol. The highest BCUT2D eigenvalue weighted by Gasteiger charge is 2.34. The fraction of sp³-hybridized carbons (Fsp3) is 0.900. The number of aliphatic hydroxyl groups excluding tert-OH is 5. The van der Waals surface area contributed by atoms with Crippen LogP contribution in [0.1, 0.15) is 19.8 Å². The van der Waals surface area contributed by atoms with Crippen molar-refractivity contribution in [2.75, 3.05) is 13.2 Å². The summed E-state index contributed by atoms with van der Waals surface area (Å²) in [4.78, 5) is 11.2. The molecule has 0 aromatic carbocycles. The van der Waals surface area contributed by atoms with E-state index < -0.39 is 37.0 Å². The molecule has 0 aliphatic rings. The summed E-state index contributed by atoms with van der Waals surface area (Å²) in [5, 5.41) is 45.5. The first-order chi connectivity index (χ1) is 7.95. The van der Waals surface area contributed by atoms with Gasteiger partial charge in [0, 0.05) is 0 Å². The van der Waals surface area contributed by atoms with Crippen LogP contribution < -0.4 is 0 Å². The van der Waals surface area contributed by atoms with Crippen LogP contribution in [-0.4, -0.2) is 69.1 Å². The lowest BCUT2D eigenvalue weighted by Crippen LogP contribution is -2.49. The van der Waals surface area contributed by atoms with Gasteiger partial charge in [0.15, 0.2) is 6.10 Å². The summed E-state index contributed by atoms with van der Waals surface area (Å²) in [6.07, 6.45) is -5.90. The van der Waals surface area contributed by atoms with E-state index in [9.17, 15) is 20.1 Å². The van der Waals surface area contributed by atoms with Gasteiger partial charge in [-0.05, 0) is 6.42 Å². The maximum Gasteiger partial charge on any atom is 0.337 e. The van der Waals surface area contributed by atoms with E-state index >= 15 is 0 Å². The zero-order valence-corrected chi connectivity index (χ0v) is 9.69. The first-order valence-corrected chi connectivity index (χ1v) is 5.45. The first kappa shape index (κ1) is 16.3. The number of aliphatic hydroxyl groups is 5. The van der Waals surface area contributed by atoms with Crippen LogP contribution in [0, 0.1) is 0 Å². The van der Waals surface area contributed by atoms with Gasteiger partial charge in [-0.2, -0.15) is 0 Å². The van der Waals surface area contributed by atoms with E-state index in [2.05, 4.69) is 4.74 Å². The van der Waals surface area contributed by atoms with Crippen molar-refractivity contribution in [3.05, 3.63) is 0 Å². The second-order valence-electron chi connectivity index (χ2n) is 3.70. The molecule has 0 saturated heterocycles. The number of carbonyl (C=O) groups excluding carboxylic acids is 1. The SMILES string of the molecule is CCCCOC(=O)C(O)C(O)C(O)C(O)CO. The molecule has 5 N–H and O–H groups in total. The van der Waals surface area contributed by atoms with Crippen LogP contribution in [-0.2, 0) is 9.53 Å². The van der Waals surface area contributed by atoms with Gasteiger partial charge in [0.2, 0.25) is 0 Å². The smallest absolute Gasteiger partial charge is 0.337 e. The summed E-state index contributed by atoms with van der Waals surface area (Å²) >= 11 is 0. The van der Waals surface area contributed by atoms with Crippen LogP contribution in [0.2, 0.25) is 0 Å². The predicted molar refractivity (Wildman–Crippen MR) is 57.0 cm³/mol. The highest BCUT2D eigenvalue weighted by molar-refractivity contribution is 5.75. The van der Waals surface area contributed by atoms with Gasteiger partial charge in [0.1, 0.15) is 18.3 Å². The Kier molecular flexibility index (Phi) is 8.01. The van der Waals surface area contributed by atoms with Crippen molar-refractivity contribution in [1.82, 2.24) is 0 Å². The Balaban J connectivity index is 4.18. The van der Waals surface area contributed by atoms with Crippen molar-refractivity contribution in [2.24, 2.45) is 0 Å². The van der Waals surface area contributed by atoms with Crippen LogP contribution >= 0.6 is 0 Å². The summed E-state index contributed by atoms with van der Waals surface area (Å²) in [6, 6.07) is 0. The fourth-order valence-electron chi connectivity index (χ4n) is 1.06. The number of hydrogen-bond donors (Lipinski definition) is 5. The van der Waals surface area contributed by atoms with Gasteiger partial charge >= 0.3 is 5.97 Å². The van der Waals surface area contributed by atoms with Gasteiger partial charge in [-0.15, -0.1) is 0 Å².